The molecule has 1 fully saturated rings. The Morgan fingerprint density at radius 1 is 1.50 bits per heavy atom. The fraction of sp³-hybridized carbons (Fsp3) is 1.00. The quantitative estimate of drug-likeness (QED) is 0.725. The zero-order valence-corrected chi connectivity index (χ0v) is 10.7. The molecule has 0 bridgehead atoms. The summed E-state index contributed by atoms with van der Waals surface area (Å²) in [7, 11) is 0. The Bertz CT molecular complexity index is 201. The van der Waals surface area contributed by atoms with Crippen molar-refractivity contribution in [3.8, 4) is 0 Å². The predicted octanol–water partition coefficient (Wildman–Crippen LogP) is 0.584. The van der Waals surface area contributed by atoms with Crippen LogP contribution >= 0.6 is 0 Å². The van der Waals surface area contributed by atoms with E-state index in [4.69, 9.17) is 10.5 Å². The predicted molar refractivity (Wildman–Crippen MR) is 65.3 cm³/mol. The average Bonchev–Trinajstić information content (AvgIpc) is 2.24. The fourth-order valence-corrected chi connectivity index (χ4v) is 2.40. The van der Waals surface area contributed by atoms with Gasteiger partial charge in [0.15, 0.2) is 0 Å². The molecule has 0 aromatic heterocycles. The summed E-state index contributed by atoms with van der Waals surface area (Å²) >= 11 is 0. The van der Waals surface area contributed by atoms with Crippen LogP contribution in [0.5, 0.6) is 0 Å². The standard InChI is InChI=1S/C12H26N2O2/c1-4-5-11(13)12(7-15)14-6-10(3)16-8-9(14)2/h9-12,15H,4-8,13H2,1-3H3. The van der Waals surface area contributed by atoms with Crippen LogP contribution in [0.15, 0.2) is 0 Å². The van der Waals surface area contributed by atoms with Gasteiger partial charge in [0, 0.05) is 24.7 Å². The molecule has 1 rings (SSSR count). The third kappa shape index (κ3) is 3.42. The van der Waals surface area contributed by atoms with Crippen LogP contribution in [-0.4, -0.2) is 54.0 Å². The molecule has 1 aliphatic rings. The first-order valence-electron chi connectivity index (χ1n) is 6.33. The van der Waals surface area contributed by atoms with Gasteiger partial charge in [-0.05, 0) is 20.3 Å². The highest BCUT2D eigenvalue weighted by molar-refractivity contribution is 4.87. The van der Waals surface area contributed by atoms with Gasteiger partial charge in [-0.3, -0.25) is 4.90 Å². The minimum absolute atomic E-state index is 0.0581. The van der Waals surface area contributed by atoms with Crippen molar-refractivity contribution in [3.63, 3.8) is 0 Å². The van der Waals surface area contributed by atoms with Crippen LogP contribution in [0.25, 0.3) is 0 Å². The maximum atomic E-state index is 9.52. The lowest BCUT2D eigenvalue weighted by Crippen LogP contribution is -2.58. The molecule has 96 valence electrons. The molecule has 1 heterocycles. The van der Waals surface area contributed by atoms with Crippen molar-refractivity contribution in [1.82, 2.24) is 4.90 Å². The van der Waals surface area contributed by atoms with E-state index in [0.717, 1.165) is 26.0 Å². The third-order valence-electron chi connectivity index (χ3n) is 3.39. The number of hydrogen-bond donors (Lipinski definition) is 2. The van der Waals surface area contributed by atoms with E-state index < -0.39 is 0 Å². The van der Waals surface area contributed by atoms with Gasteiger partial charge in [-0.2, -0.15) is 0 Å². The molecule has 0 amide bonds. The molecule has 0 radical (unpaired) electrons. The first-order chi connectivity index (χ1) is 7.60. The van der Waals surface area contributed by atoms with Crippen LogP contribution in [-0.2, 0) is 4.74 Å². The second kappa shape index (κ2) is 6.55. The summed E-state index contributed by atoms with van der Waals surface area (Å²) in [6.45, 7) is 8.06. The first kappa shape index (κ1) is 13.9. The van der Waals surface area contributed by atoms with Crippen LogP contribution < -0.4 is 5.73 Å². The lowest BCUT2D eigenvalue weighted by atomic mass is 10.0. The van der Waals surface area contributed by atoms with Crippen LogP contribution in [0.1, 0.15) is 33.6 Å². The molecule has 0 spiro atoms. The molecule has 3 N–H and O–H groups in total. The minimum Gasteiger partial charge on any atom is -0.395 e. The third-order valence-corrected chi connectivity index (χ3v) is 3.39. The number of morpholine rings is 1. The Labute approximate surface area is 98.8 Å². The van der Waals surface area contributed by atoms with E-state index in [9.17, 15) is 5.11 Å². The van der Waals surface area contributed by atoms with E-state index in [1.807, 2.05) is 0 Å². The van der Waals surface area contributed by atoms with Gasteiger partial charge in [0.05, 0.1) is 19.3 Å². The number of nitrogens with zero attached hydrogens (tertiary/aromatic N) is 1. The molecular weight excluding hydrogens is 204 g/mol. The van der Waals surface area contributed by atoms with Gasteiger partial charge in [-0.25, -0.2) is 0 Å². The molecular formula is C12H26N2O2. The number of rotatable bonds is 5. The van der Waals surface area contributed by atoms with E-state index in [2.05, 4.69) is 25.7 Å². The maximum absolute atomic E-state index is 9.52. The molecule has 4 atom stereocenters. The molecule has 1 aliphatic heterocycles. The van der Waals surface area contributed by atoms with E-state index >= 15 is 0 Å². The molecule has 4 heteroatoms. The fourth-order valence-electron chi connectivity index (χ4n) is 2.40. The molecule has 0 aromatic rings. The molecule has 1 saturated heterocycles. The molecule has 0 saturated carbocycles. The van der Waals surface area contributed by atoms with Crippen molar-refractivity contribution in [2.24, 2.45) is 5.73 Å². The Morgan fingerprint density at radius 2 is 2.19 bits per heavy atom. The summed E-state index contributed by atoms with van der Waals surface area (Å²) < 4.78 is 5.59. The Morgan fingerprint density at radius 3 is 2.75 bits per heavy atom. The number of hydrogen-bond acceptors (Lipinski definition) is 4. The van der Waals surface area contributed by atoms with Crippen molar-refractivity contribution in [2.75, 3.05) is 19.8 Å². The summed E-state index contributed by atoms with van der Waals surface area (Å²) in [5.41, 5.74) is 6.14. The largest absolute Gasteiger partial charge is 0.395 e. The first-order valence-corrected chi connectivity index (χ1v) is 6.33. The van der Waals surface area contributed by atoms with Crippen molar-refractivity contribution in [3.05, 3.63) is 0 Å². The van der Waals surface area contributed by atoms with Crippen molar-refractivity contribution in [1.29, 1.82) is 0 Å². The SMILES string of the molecule is CCCC(N)C(CO)N1CC(C)OCC1C. The monoisotopic (exact) mass is 230 g/mol. The van der Waals surface area contributed by atoms with Gasteiger partial charge < -0.3 is 15.6 Å². The van der Waals surface area contributed by atoms with Gasteiger partial charge in [-0.15, -0.1) is 0 Å². The van der Waals surface area contributed by atoms with Gasteiger partial charge in [-0.1, -0.05) is 13.3 Å². The number of nitrogens with two attached hydrogens (primary N) is 1. The molecule has 16 heavy (non-hydrogen) atoms. The molecule has 0 aromatic carbocycles. The zero-order valence-electron chi connectivity index (χ0n) is 10.7. The van der Waals surface area contributed by atoms with Crippen LogP contribution in [0, 0.1) is 0 Å². The summed E-state index contributed by atoms with van der Waals surface area (Å²) in [6.07, 6.45) is 2.26. The summed E-state index contributed by atoms with van der Waals surface area (Å²) in [5.74, 6) is 0. The van der Waals surface area contributed by atoms with E-state index in [-0.39, 0.29) is 24.8 Å². The highest BCUT2D eigenvalue weighted by atomic mass is 16.5. The van der Waals surface area contributed by atoms with Crippen LogP contribution in [0.3, 0.4) is 0 Å². The highest BCUT2D eigenvalue weighted by Gasteiger charge is 2.32. The molecule has 4 nitrogen and oxygen atoms in total. The average molecular weight is 230 g/mol. The normalized spacial score (nSPS) is 31.3. The lowest BCUT2D eigenvalue weighted by Gasteiger charge is -2.43. The van der Waals surface area contributed by atoms with Gasteiger partial charge in [0.2, 0.25) is 0 Å². The Hall–Kier alpha value is -0.160. The lowest BCUT2D eigenvalue weighted by molar-refractivity contribution is -0.0777. The van der Waals surface area contributed by atoms with Crippen LogP contribution in [0.4, 0.5) is 0 Å². The number of aliphatic hydroxyl groups excluding tert-OH is 1. The van der Waals surface area contributed by atoms with Crippen molar-refractivity contribution < 1.29 is 9.84 Å². The van der Waals surface area contributed by atoms with E-state index in [1.165, 1.54) is 0 Å². The van der Waals surface area contributed by atoms with Gasteiger partial charge in [0.25, 0.3) is 0 Å². The summed E-state index contributed by atoms with van der Waals surface area (Å²) in [5, 5.41) is 9.52. The Kier molecular flexibility index (Phi) is 5.69. The topological polar surface area (TPSA) is 58.7 Å². The second-order valence-corrected chi connectivity index (χ2v) is 4.89. The van der Waals surface area contributed by atoms with E-state index in [0.29, 0.717) is 6.04 Å². The summed E-state index contributed by atoms with van der Waals surface area (Å²) in [4.78, 5) is 2.30. The van der Waals surface area contributed by atoms with Crippen molar-refractivity contribution in [2.45, 2.75) is 57.8 Å². The molecule has 0 aliphatic carbocycles. The van der Waals surface area contributed by atoms with Gasteiger partial charge >= 0.3 is 0 Å². The van der Waals surface area contributed by atoms with E-state index in [1.54, 1.807) is 0 Å². The number of ether oxygens (including phenoxy) is 1. The smallest absolute Gasteiger partial charge is 0.0674 e. The maximum Gasteiger partial charge on any atom is 0.0674 e. The summed E-state index contributed by atoms with van der Waals surface area (Å²) in [6, 6.07) is 0.473. The zero-order chi connectivity index (χ0) is 12.1. The van der Waals surface area contributed by atoms with Crippen LogP contribution in [0.2, 0.25) is 0 Å². The number of aliphatic hydroxyl groups is 1. The second-order valence-electron chi connectivity index (χ2n) is 4.89. The molecule has 4 unspecified atom stereocenters. The highest BCUT2D eigenvalue weighted by Crippen LogP contribution is 2.17. The van der Waals surface area contributed by atoms with Crippen molar-refractivity contribution >= 4 is 0 Å². The minimum atomic E-state index is 0.0581. The van der Waals surface area contributed by atoms with Gasteiger partial charge in [0.1, 0.15) is 0 Å². The Balaban J connectivity index is 2.62.